The number of halogens is 1. The number of benzene rings is 4. The number of pyridine rings is 1. The van der Waals surface area contributed by atoms with Crippen LogP contribution in [0.3, 0.4) is 0 Å². The molecule has 0 radical (unpaired) electrons. The Morgan fingerprint density at radius 3 is 2.20 bits per heavy atom. The number of aromatic nitrogens is 2. The van der Waals surface area contributed by atoms with Gasteiger partial charge in [-0.2, -0.15) is 0 Å². The Morgan fingerprint density at radius 1 is 0.738 bits per heavy atom. The van der Waals surface area contributed by atoms with Gasteiger partial charge in [0, 0.05) is 105 Å². The summed E-state index contributed by atoms with van der Waals surface area (Å²) < 4.78 is 11.9. The Bertz CT molecular complexity index is 3370. The van der Waals surface area contributed by atoms with Gasteiger partial charge in [0.25, 0.3) is 0 Å². The average Bonchev–Trinajstić information content (AvgIpc) is 1.68. The number of amides is 7. The summed E-state index contributed by atoms with van der Waals surface area (Å²) in [6.07, 6.45) is 3.61. The molecule has 22 heteroatoms. The first kappa shape index (κ1) is 57.4. The van der Waals surface area contributed by atoms with Crippen LogP contribution < -0.4 is 47.7 Å². The maximum atomic E-state index is 15.8. The lowest BCUT2D eigenvalue weighted by Crippen LogP contribution is -2.64. The number of H-pyrrole nitrogens is 1. The molecule has 2 aromatic heterocycles. The van der Waals surface area contributed by atoms with Crippen LogP contribution in [-0.4, -0.2) is 155 Å². The number of carbonyl (C=O) groups is 7. The lowest BCUT2D eigenvalue weighted by molar-refractivity contribution is -0.144. The van der Waals surface area contributed by atoms with Crippen molar-refractivity contribution < 1.29 is 43.0 Å². The molecule has 3 saturated heterocycles. The first-order valence-corrected chi connectivity index (χ1v) is 29.1. The standard InChI is InChI=1S/C62H69ClN12O9/c63-43-17-12-40(13-18-43)37-83-44-19-14-39(15-20-44)29-50-55(77)72-61(32-47(61)41-9-6-23-66-34-41)59(81)75-36-45(84-60(82)67-24-22-64)31-52(75)57(79)69-49(21-16-38-7-2-1-3-8-38)54(76)70-51(30-42-35-68-48-11-5-4-10-46(42)48)56(78)73-62(58(80)71-50)33-53(62)74-27-25-65-26-28-74/h1-15,17-20,23,34-35,45,47,49-53,65,68H,16,21-22,24-33,36-37,64H2,(H,67,82)(H,69,79)(H,70,76)(H,71,80)(H,72,77)(H,73,78)/t45-,47-,49+,50+,51-,52+,53-,61?,62?/m1/s1. The molecule has 2 spiro atoms. The second-order valence-corrected chi connectivity index (χ2v) is 22.9. The molecule has 2 saturated carbocycles. The summed E-state index contributed by atoms with van der Waals surface area (Å²) in [4.78, 5) is 117. The molecule has 3 aliphatic heterocycles. The number of nitrogens with two attached hydrogens (primary N) is 1. The third-order valence-corrected chi connectivity index (χ3v) is 17.0. The molecule has 11 rings (SSSR count). The van der Waals surface area contributed by atoms with E-state index in [1.807, 2.05) is 66.7 Å². The van der Waals surface area contributed by atoms with E-state index < -0.39 is 94.8 Å². The van der Waals surface area contributed by atoms with Crippen molar-refractivity contribution in [1.29, 1.82) is 0 Å². The van der Waals surface area contributed by atoms with Gasteiger partial charge in [0.2, 0.25) is 35.4 Å². The number of piperazine rings is 1. The molecular weight excluding hydrogens is 1090 g/mol. The fourth-order valence-corrected chi connectivity index (χ4v) is 12.2. The second-order valence-electron chi connectivity index (χ2n) is 22.4. The van der Waals surface area contributed by atoms with Crippen LogP contribution in [0.4, 0.5) is 4.79 Å². The summed E-state index contributed by atoms with van der Waals surface area (Å²) in [6, 6.07) is 29.2. The van der Waals surface area contributed by atoms with Crippen LogP contribution in [0, 0.1) is 0 Å². The molecule has 6 aromatic rings. The van der Waals surface area contributed by atoms with E-state index in [9.17, 15) is 4.79 Å². The monoisotopic (exact) mass is 1160 g/mol. The van der Waals surface area contributed by atoms with E-state index in [4.69, 9.17) is 26.8 Å². The molecule has 5 fully saturated rings. The van der Waals surface area contributed by atoms with Gasteiger partial charge < -0.3 is 62.3 Å². The van der Waals surface area contributed by atoms with Crippen LogP contribution >= 0.6 is 11.6 Å². The van der Waals surface area contributed by atoms with Crippen LogP contribution in [0.5, 0.6) is 5.75 Å². The summed E-state index contributed by atoms with van der Waals surface area (Å²) >= 11 is 6.11. The van der Waals surface area contributed by atoms with Crippen LogP contribution in [-0.2, 0) is 59.4 Å². The van der Waals surface area contributed by atoms with E-state index in [-0.39, 0.29) is 64.8 Å². The quantitative estimate of drug-likeness (QED) is 0.0717. The van der Waals surface area contributed by atoms with Gasteiger partial charge in [-0.15, -0.1) is 0 Å². The zero-order valence-electron chi connectivity index (χ0n) is 46.3. The minimum absolute atomic E-state index is 0.0162. The first-order valence-electron chi connectivity index (χ1n) is 28.7. The minimum Gasteiger partial charge on any atom is -0.489 e. The van der Waals surface area contributed by atoms with Gasteiger partial charge in [-0.1, -0.05) is 90.5 Å². The van der Waals surface area contributed by atoms with Crippen LogP contribution in [0.15, 0.2) is 134 Å². The molecule has 0 bridgehead atoms. The molecule has 7 amide bonds. The van der Waals surface area contributed by atoms with Crippen LogP contribution in [0.2, 0.25) is 5.02 Å². The minimum atomic E-state index is -1.70. The number of hydrogen-bond donors (Lipinski definition) is 9. The van der Waals surface area contributed by atoms with Gasteiger partial charge in [-0.05, 0) is 89.9 Å². The van der Waals surface area contributed by atoms with Gasteiger partial charge in [0.05, 0.1) is 6.54 Å². The fraction of sp³-hybridized carbons (Fsp3) is 0.387. The Kier molecular flexibility index (Phi) is 17.3. The van der Waals surface area contributed by atoms with E-state index in [0.717, 1.165) is 22.0 Å². The van der Waals surface area contributed by atoms with E-state index in [0.29, 0.717) is 60.1 Å². The normalized spacial score (nSPS) is 26.7. The molecule has 2 unspecified atom stereocenters. The third-order valence-electron chi connectivity index (χ3n) is 16.8. The Balaban J connectivity index is 0.988. The van der Waals surface area contributed by atoms with Crippen LogP contribution in [0.25, 0.3) is 10.9 Å². The second kappa shape index (κ2) is 25.2. The molecule has 438 valence electrons. The molecule has 4 aromatic carbocycles. The molecule has 2 aliphatic carbocycles. The summed E-state index contributed by atoms with van der Waals surface area (Å²) in [5.41, 5.74) is 6.97. The van der Waals surface area contributed by atoms with Crippen molar-refractivity contribution in [3.63, 3.8) is 0 Å². The van der Waals surface area contributed by atoms with Crippen molar-refractivity contribution in [3.8, 4) is 5.75 Å². The molecule has 10 N–H and O–H groups in total. The Hall–Kier alpha value is -8.37. The number of fused-ring (bicyclic) bond motifs is 2. The number of rotatable bonds is 15. The summed E-state index contributed by atoms with van der Waals surface area (Å²) in [7, 11) is 0. The predicted octanol–water partition coefficient (Wildman–Crippen LogP) is 2.91. The zero-order valence-corrected chi connectivity index (χ0v) is 47.1. The summed E-state index contributed by atoms with van der Waals surface area (Å²) in [5.74, 6) is -4.11. The highest BCUT2D eigenvalue weighted by Gasteiger charge is 2.67. The van der Waals surface area contributed by atoms with Gasteiger partial charge in [0.1, 0.15) is 53.7 Å². The largest absolute Gasteiger partial charge is 0.489 e. The fourth-order valence-electron chi connectivity index (χ4n) is 12.1. The highest BCUT2D eigenvalue weighted by Crippen LogP contribution is 2.53. The number of aryl methyl sites for hydroxylation is 1. The van der Waals surface area contributed by atoms with Crippen molar-refractivity contribution in [1.82, 2.24) is 57.0 Å². The van der Waals surface area contributed by atoms with E-state index in [2.05, 4.69) is 52.1 Å². The summed E-state index contributed by atoms with van der Waals surface area (Å²) in [5, 5.41) is 22.7. The van der Waals surface area contributed by atoms with Gasteiger partial charge in [-0.3, -0.25) is 38.7 Å². The number of para-hydroxylation sites is 1. The number of ether oxygens (including phenoxy) is 2. The summed E-state index contributed by atoms with van der Waals surface area (Å²) in [6.45, 7) is 2.69. The van der Waals surface area contributed by atoms with E-state index >= 15 is 28.8 Å². The van der Waals surface area contributed by atoms with Crippen molar-refractivity contribution in [2.24, 2.45) is 5.73 Å². The average molecular weight is 1160 g/mol. The smallest absolute Gasteiger partial charge is 0.407 e. The lowest BCUT2D eigenvalue weighted by Gasteiger charge is -2.33. The maximum Gasteiger partial charge on any atom is 0.407 e. The molecule has 9 atom stereocenters. The number of hydrogen-bond acceptors (Lipinski definition) is 13. The number of nitrogens with one attached hydrogen (secondary N) is 8. The maximum absolute atomic E-state index is 15.8. The molecule has 5 heterocycles. The topological polar surface area (TPSA) is 283 Å². The number of aromatic amines is 1. The molecule has 5 aliphatic rings. The SMILES string of the molecule is NCCNC(=O)O[C@@H]1C[C@H]2C(=O)N[C@@H](CCc3ccccc3)C(=O)N[C@H](Cc3c[nH]c4ccccc34)C(=O)NC3(C[C@H]3N3CCNCC3)C(=O)N[C@@H](Cc3ccc(OCc4ccc(Cl)cc4)cc3)C(=O)NC3(C[C@@H]3c3cccnc3)C(=O)N2C1. The van der Waals surface area contributed by atoms with Crippen molar-refractivity contribution in [3.05, 3.63) is 167 Å². The van der Waals surface area contributed by atoms with Gasteiger partial charge in [-0.25, -0.2) is 4.79 Å². The highest BCUT2D eigenvalue weighted by molar-refractivity contribution is 6.30. The predicted molar refractivity (Wildman–Crippen MR) is 312 cm³/mol. The van der Waals surface area contributed by atoms with E-state index in [1.54, 1.807) is 67.1 Å². The molecular formula is C62H69ClN12O9. The van der Waals surface area contributed by atoms with Gasteiger partial charge >= 0.3 is 6.09 Å². The first-order chi connectivity index (χ1) is 40.8. The molecule has 84 heavy (non-hydrogen) atoms. The Morgan fingerprint density at radius 2 is 1.45 bits per heavy atom. The van der Waals surface area contributed by atoms with Crippen molar-refractivity contribution in [2.75, 3.05) is 45.8 Å². The number of alkyl carbamates (subject to hydrolysis) is 1. The number of carbonyl (C=O) groups excluding carboxylic acids is 7. The number of nitrogens with zero attached hydrogens (tertiary/aromatic N) is 3. The van der Waals surface area contributed by atoms with Gasteiger partial charge in [0.15, 0.2) is 0 Å². The highest BCUT2D eigenvalue weighted by atomic mass is 35.5. The van der Waals surface area contributed by atoms with Crippen molar-refractivity contribution in [2.45, 2.75) is 105 Å². The third kappa shape index (κ3) is 12.9. The van der Waals surface area contributed by atoms with Crippen molar-refractivity contribution >= 4 is 64.0 Å². The zero-order chi connectivity index (χ0) is 58.4. The van der Waals surface area contributed by atoms with E-state index in [1.165, 1.54) is 4.90 Å². The Labute approximate surface area is 490 Å². The molecule has 21 nitrogen and oxygen atoms in total. The van der Waals surface area contributed by atoms with Crippen LogP contribution in [0.1, 0.15) is 59.4 Å². The lowest BCUT2D eigenvalue weighted by atomic mass is 10.00.